The molecule has 0 spiro atoms. The minimum Gasteiger partial charge on any atom is -0.338 e. The van der Waals surface area contributed by atoms with E-state index in [9.17, 15) is 14.0 Å². The smallest absolute Gasteiger partial charge is 0.256 e. The van der Waals surface area contributed by atoms with Crippen LogP contribution in [-0.2, 0) is 0 Å². The summed E-state index contributed by atoms with van der Waals surface area (Å²) in [7, 11) is 0. The van der Waals surface area contributed by atoms with Gasteiger partial charge in [0.25, 0.3) is 5.91 Å². The summed E-state index contributed by atoms with van der Waals surface area (Å²) in [4.78, 5) is 36.7. The highest BCUT2D eigenvalue weighted by molar-refractivity contribution is 6.05. The number of hydrogen-bond donors (Lipinski definition) is 0. The second kappa shape index (κ2) is 8.90. The number of nitrogens with zero attached hydrogens (tertiary/aromatic N) is 3. The van der Waals surface area contributed by atoms with E-state index in [1.54, 1.807) is 41.6 Å². The fraction of sp³-hybridized carbons (Fsp3) is 0.185. The number of rotatable bonds is 4. The molecule has 164 valence electrons. The number of aromatic nitrogens is 2. The maximum absolute atomic E-state index is 14.8. The molecule has 3 aromatic carbocycles. The molecule has 1 aliphatic rings. The number of carbonyl (C=O) groups excluding carboxylic acids is 2. The minimum atomic E-state index is -0.426. The monoisotopic (exact) mass is 439 g/mol. The van der Waals surface area contributed by atoms with Gasteiger partial charge in [-0.1, -0.05) is 48.5 Å². The number of carbonyl (C=O) groups is 2. The van der Waals surface area contributed by atoms with Crippen LogP contribution in [0.1, 0.15) is 33.6 Å². The molecule has 2 heterocycles. The first-order valence-corrected chi connectivity index (χ1v) is 11.0. The standard InChI is InChI=1S/C27H22FN3O2/c28-23-16-19(11-12-21(23)18-6-2-1-3-7-18)26(32)20-8-5-15-31(17-20)27(33)22-9-4-10-24-25(22)30-14-13-29-24/h1-4,6-7,9-14,16,20H,5,8,15,17H2/t20-/m0/s1. The Balaban J connectivity index is 1.36. The second-order valence-electron chi connectivity index (χ2n) is 8.24. The molecule has 1 amide bonds. The zero-order chi connectivity index (χ0) is 22.8. The molecule has 0 radical (unpaired) electrons. The molecule has 0 unspecified atom stereocenters. The molecule has 1 aliphatic heterocycles. The first-order chi connectivity index (χ1) is 16.1. The van der Waals surface area contributed by atoms with Crippen molar-refractivity contribution < 1.29 is 14.0 Å². The normalized spacial score (nSPS) is 16.0. The van der Waals surface area contributed by atoms with Crippen molar-refractivity contribution in [3.63, 3.8) is 0 Å². The summed E-state index contributed by atoms with van der Waals surface area (Å²) < 4.78 is 14.8. The Morgan fingerprint density at radius 2 is 1.76 bits per heavy atom. The minimum absolute atomic E-state index is 0.135. The zero-order valence-corrected chi connectivity index (χ0v) is 17.9. The van der Waals surface area contributed by atoms with Gasteiger partial charge in [0.05, 0.1) is 11.1 Å². The largest absolute Gasteiger partial charge is 0.338 e. The highest BCUT2D eigenvalue weighted by Gasteiger charge is 2.30. The fourth-order valence-electron chi connectivity index (χ4n) is 4.47. The average Bonchev–Trinajstić information content (AvgIpc) is 2.88. The third kappa shape index (κ3) is 4.12. The first-order valence-electron chi connectivity index (χ1n) is 11.0. The first kappa shape index (κ1) is 20.9. The van der Waals surface area contributed by atoms with E-state index in [1.165, 1.54) is 6.07 Å². The number of piperidine rings is 1. The summed E-state index contributed by atoms with van der Waals surface area (Å²) in [6.07, 6.45) is 4.53. The number of para-hydroxylation sites is 1. The van der Waals surface area contributed by atoms with E-state index in [2.05, 4.69) is 9.97 Å². The van der Waals surface area contributed by atoms with Gasteiger partial charge in [0.1, 0.15) is 11.3 Å². The van der Waals surface area contributed by atoms with Crippen molar-refractivity contribution in [3.8, 4) is 11.1 Å². The Morgan fingerprint density at radius 1 is 0.939 bits per heavy atom. The van der Waals surface area contributed by atoms with Crippen molar-refractivity contribution in [2.75, 3.05) is 13.1 Å². The van der Waals surface area contributed by atoms with Gasteiger partial charge in [0.2, 0.25) is 0 Å². The quantitative estimate of drug-likeness (QED) is 0.412. The van der Waals surface area contributed by atoms with E-state index >= 15 is 0 Å². The lowest BCUT2D eigenvalue weighted by Gasteiger charge is -2.32. The molecule has 1 fully saturated rings. The molecular formula is C27H22FN3O2. The number of amides is 1. The molecule has 1 atom stereocenters. The van der Waals surface area contributed by atoms with Crippen LogP contribution in [0.2, 0.25) is 0 Å². The Hall–Kier alpha value is -3.93. The van der Waals surface area contributed by atoms with Crippen molar-refractivity contribution in [2.24, 2.45) is 5.92 Å². The SMILES string of the molecule is O=C(c1ccc(-c2ccccc2)c(F)c1)[C@H]1CCCN(C(=O)c2cccc3nccnc23)C1. The maximum Gasteiger partial charge on any atom is 0.256 e. The second-order valence-corrected chi connectivity index (χ2v) is 8.24. The molecule has 1 aromatic heterocycles. The highest BCUT2D eigenvalue weighted by Crippen LogP contribution is 2.27. The van der Waals surface area contributed by atoms with Crippen molar-refractivity contribution in [3.05, 3.63) is 96.1 Å². The van der Waals surface area contributed by atoms with Gasteiger partial charge in [-0.2, -0.15) is 0 Å². The lowest BCUT2D eigenvalue weighted by atomic mass is 9.89. The Labute approximate surface area is 190 Å². The molecule has 33 heavy (non-hydrogen) atoms. The predicted molar refractivity (Wildman–Crippen MR) is 124 cm³/mol. The van der Waals surface area contributed by atoms with E-state index < -0.39 is 5.82 Å². The predicted octanol–water partition coefficient (Wildman–Crippen LogP) is 5.17. The van der Waals surface area contributed by atoms with Gasteiger partial charge in [-0.25, -0.2) is 4.39 Å². The molecule has 0 bridgehead atoms. The maximum atomic E-state index is 14.8. The van der Waals surface area contributed by atoms with Crippen LogP contribution in [-0.4, -0.2) is 39.6 Å². The molecule has 4 aromatic rings. The molecule has 6 heteroatoms. The molecule has 0 N–H and O–H groups in total. The van der Waals surface area contributed by atoms with Crippen LogP contribution in [0.5, 0.6) is 0 Å². The molecular weight excluding hydrogens is 417 g/mol. The van der Waals surface area contributed by atoms with Crippen molar-refractivity contribution >= 4 is 22.7 Å². The third-order valence-electron chi connectivity index (χ3n) is 6.15. The number of Topliss-reactive ketones (excluding diaryl/α,β-unsaturated/α-hetero) is 1. The number of ketones is 1. The fourth-order valence-corrected chi connectivity index (χ4v) is 4.47. The van der Waals surface area contributed by atoms with Gasteiger partial charge in [0, 0.05) is 42.5 Å². The Bertz CT molecular complexity index is 1330. The van der Waals surface area contributed by atoms with Crippen LogP contribution >= 0.6 is 0 Å². The summed E-state index contributed by atoms with van der Waals surface area (Å²) in [6, 6.07) is 19.2. The van der Waals surface area contributed by atoms with Crippen LogP contribution in [0.3, 0.4) is 0 Å². The van der Waals surface area contributed by atoms with Crippen LogP contribution in [0.15, 0.2) is 79.1 Å². The van der Waals surface area contributed by atoms with E-state index in [4.69, 9.17) is 0 Å². The van der Waals surface area contributed by atoms with Gasteiger partial charge < -0.3 is 4.90 Å². The van der Waals surface area contributed by atoms with Gasteiger partial charge in [0.15, 0.2) is 5.78 Å². The van der Waals surface area contributed by atoms with Crippen LogP contribution in [0, 0.1) is 11.7 Å². The summed E-state index contributed by atoms with van der Waals surface area (Å²) >= 11 is 0. The molecule has 5 rings (SSSR count). The summed E-state index contributed by atoms with van der Waals surface area (Å²) in [6.45, 7) is 0.872. The number of fused-ring (bicyclic) bond motifs is 1. The number of benzene rings is 3. The Morgan fingerprint density at radius 3 is 2.58 bits per heavy atom. The van der Waals surface area contributed by atoms with Crippen molar-refractivity contribution in [1.29, 1.82) is 0 Å². The zero-order valence-electron chi connectivity index (χ0n) is 17.9. The molecule has 0 aliphatic carbocycles. The molecule has 5 nitrogen and oxygen atoms in total. The number of likely N-dealkylation sites (tertiary alicyclic amines) is 1. The summed E-state index contributed by atoms with van der Waals surface area (Å²) in [5, 5.41) is 0. The Kier molecular flexibility index (Phi) is 5.65. The van der Waals surface area contributed by atoms with Crippen LogP contribution in [0.25, 0.3) is 22.2 Å². The van der Waals surface area contributed by atoms with Gasteiger partial charge >= 0.3 is 0 Å². The number of halogens is 1. The molecule has 1 saturated heterocycles. The van der Waals surface area contributed by atoms with Gasteiger partial charge in [-0.05, 0) is 36.6 Å². The lowest BCUT2D eigenvalue weighted by Crippen LogP contribution is -2.42. The van der Waals surface area contributed by atoms with Crippen molar-refractivity contribution in [2.45, 2.75) is 12.8 Å². The highest BCUT2D eigenvalue weighted by atomic mass is 19.1. The summed E-state index contributed by atoms with van der Waals surface area (Å²) in [5.74, 6) is -1.09. The molecule has 0 saturated carbocycles. The van der Waals surface area contributed by atoms with Gasteiger partial charge in [-0.3, -0.25) is 19.6 Å². The van der Waals surface area contributed by atoms with E-state index in [0.717, 1.165) is 5.56 Å². The topological polar surface area (TPSA) is 63.2 Å². The average molecular weight is 439 g/mol. The third-order valence-corrected chi connectivity index (χ3v) is 6.15. The van der Waals surface area contributed by atoms with Crippen LogP contribution < -0.4 is 0 Å². The van der Waals surface area contributed by atoms with E-state index in [-0.39, 0.29) is 17.6 Å². The van der Waals surface area contributed by atoms with E-state index in [1.807, 2.05) is 36.4 Å². The summed E-state index contributed by atoms with van der Waals surface area (Å²) in [5.41, 5.74) is 3.25. The van der Waals surface area contributed by atoms with Crippen molar-refractivity contribution in [1.82, 2.24) is 14.9 Å². The van der Waals surface area contributed by atoms with Crippen LogP contribution in [0.4, 0.5) is 4.39 Å². The number of hydrogen-bond acceptors (Lipinski definition) is 4. The van der Waals surface area contributed by atoms with Gasteiger partial charge in [-0.15, -0.1) is 0 Å². The van der Waals surface area contributed by atoms with E-state index in [0.29, 0.717) is 53.7 Å². The lowest BCUT2D eigenvalue weighted by molar-refractivity contribution is 0.0638.